The predicted octanol–water partition coefficient (Wildman–Crippen LogP) is 3.86. The van der Waals surface area contributed by atoms with E-state index in [0.29, 0.717) is 22.6 Å². The molecule has 0 aliphatic heterocycles. The maximum atomic E-state index is 12.3. The summed E-state index contributed by atoms with van der Waals surface area (Å²) in [6.07, 6.45) is 1.55. The normalized spacial score (nSPS) is 10.0. The Balaban J connectivity index is 1.75. The number of pyridine rings is 1. The van der Waals surface area contributed by atoms with Crippen LogP contribution >= 0.6 is 0 Å². The first-order valence-electron chi connectivity index (χ1n) is 7.93. The fraction of sp³-hybridized carbons (Fsp3) is 0.0500. The number of anilines is 3. The molecule has 0 bridgehead atoms. The van der Waals surface area contributed by atoms with Crippen LogP contribution in [0.2, 0.25) is 0 Å². The van der Waals surface area contributed by atoms with Gasteiger partial charge in [-0.3, -0.25) is 9.78 Å². The Bertz CT molecular complexity index is 926. The van der Waals surface area contributed by atoms with Crippen molar-refractivity contribution in [3.8, 4) is 0 Å². The fourth-order valence-electron chi connectivity index (χ4n) is 2.36. The first-order valence-corrected chi connectivity index (χ1v) is 7.93. The number of nitrogens with zero attached hydrogens (tertiary/aromatic N) is 1. The molecular formula is C20H17N3O3. The van der Waals surface area contributed by atoms with Gasteiger partial charge in [-0.05, 0) is 42.5 Å². The Morgan fingerprint density at radius 2 is 1.62 bits per heavy atom. The number of methoxy groups -OCH3 is 1. The van der Waals surface area contributed by atoms with E-state index in [9.17, 15) is 9.59 Å². The standard InChI is InChI=1S/C20H17N3O3/c1-26-20(25)14-6-5-9-16(12-14)22-17-10-11-21-18(13-17)19(24)23-15-7-3-2-4-8-15/h2-13H,1H3,(H,21,22)(H,23,24). The van der Waals surface area contributed by atoms with Crippen LogP contribution in [-0.2, 0) is 4.74 Å². The third kappa shape index (κ3) is 4.24. The van der Waals surface area contributed by atoms with Crippen LogP contribution in [0.25, 0.3) is 0 Å². The number of nitrogens with one attached hydrogen (secondary N) is 2. The highest BCUT2D eigenvalue weighted by molar-refractivity contribution is 6.03. The molecule has 3 rings (SSSR count). The number of hydrogen-bond acceptors (Lipinski definition) is 5. The van der Waals surface area contributed by atoms with Crippen LogP contribution in [0.15, 0.2) is 72.9 Å². The summed E-state index contributed by atoms with van der Waals surface area (Å²) >= 11 is 0. The molecule has 0 saturated heterocycles. The highest BCUT2D eigenvalue weighted by Gasteiger charge is 2.09. The molecule has 0 unspecified atom stereocenters. The van der Waals surface area contributed by atoms with Gasteiger partial charge in [0.25, 0.3) is 5.91 Å². The molecule has 1 amide bonds. The molecule has 1 heterocycles. The van der Waals surface area contributed by atoms with Crippen molar-refractivity contribution in [1.29, 1.82) is 0 Å². The van der Waals surface area contributed by atoms with E-state index in [4.69, 9.17) is 4.74 Å². The third-order valence-electron chi connectivity index (χ3n) is 3.60. The Morgan fingerprint density at radius 3 is 2.38 bits per heavy atom. The SMILES string of the molecule is COC(=O)c1cccc(Nc2ccnc(C(=O)Nc3ccccc3)c2)c1. The second-order valence-corrected chi connectivity index (χ2v) is 5.45. The summed E-state index contributed by atoms with van der Waals surface area (Å²) in [4.78, 5) is 28.1. The Hall–Kier alpha value is -3.67. The van der Waals surface area contributed by atoms with Crippen LogP contribution in [0.5, 0.6) is 0 Å². The van der Waals surface area contributed by atoms with E-state index >= 15 is 0 Å². The van der Waals surface area contributed by atoms with Gasteiger partial charge in [0, 0.05) is 23.3 Å². The summed E-state index contributed by atoms with van der Waals surface area (Å²) < 4.78 is 4.72. The van der Waals surface area contributed by atoms with E-state index in [1.54, 1.807) is 48.7 Å². The molecular weight excluding hydrogens is 330 g/mol. The third-order valence-corrected chi connectivity index (χ3v) is 3.60. The number of ether oxygens (including phenoxy) is 1. The second-order valence-electron chi connectivity index (χ2n) is 5.45. The maximum absolute atomic E-state index is 12.3. The monoisotopic (exact) mass is 347 g/mol. The molecule has 0 spiro atoms. The molecule has 2 aromatic carbocycles. The van der Waals surface area contributed by atoms with Crippen molar-refractivity contribution in [1.82, 2.24) is 4.98 Å². The molecule has 6 nitrogen and oxygen atoms in total. The summed E-state index contributed by atoms with van der Waals surface area (Å²) in [7, 11) is 1.34. The lowest BCUT2D eigenvalue weighted by Gasteiger charge is -2.09. The first-order chi connectivity index (χ1) is 12.7. The quantitative estimate of drug-likeness (QED) is 0.685. The largest absolute Gasteiger partial charge is 0.465 e. The minimum atomic E-state index is -0.411. The zero-order valence-corrected chi connectivity index (χ0v) is 14.1. The molecule has 26 heavy (non-hydrogen) atoms. The number of para-hydroxylation sites is 1. The van der Waals surface area contributed by atoms with E-state index in [2.05, 4.69) is 15.6 Å². The smallest absolute Gasteiger partial charge is 0.337 e. The summed E-state index contributed by atoms with van der Waals surface area (Å²) in [5.41, 5.74) is 2.80. The van der Waals surface area contributed by atoms with Gasteiger partial charge in [0.2, 0.25) is 0 Å². The Labute approximate surface area is 150 Å². The Kier molecular flexibility index (Phi) is 5.24. The van der Waals surface area contributed by atoms with E-state index < -0.39 is 5.97 Å². The van der Waals surface area contributed by atoms with Gasteiger partial charge >= 0.3 is 5.97 Å². The van der Waals surface area contributed by atoms with Gasteiger partial charge in [0.1, 0.15) is 5.69 Å². The van der Waals surface area contributed by atoms with Crippen molar-refractivity contribution in [2.45, 2.75) is 0 Å². The Morgan fingerprint density at radius 1 is 0.885 bits per heavy atom. The molecule has 3 aromatic rings. The number of carbonyl (C=O) groups excluding carboxylic acids is 2. The molecule has 1 aromatic heterocycles. The minimum absolute atomic E-state index is 0.281. The van der Waals surface area contributed by atoms with Crippen molar-refractivity contribution in [3.63, 3.8) is 0 Å². The number of aromatic nitrogens is 1. The number of esters is 1. The number of amides is 1. The average Bonchev–Trinajstić information content (AvgIpc) is 2.68. The molecule has 0 atom stereocenters. The maximum Gasteiger partial charge on any atom is 0.337 e. The van der Waals surface area contributed by atoms with Gasteiger partial charge in [-0.2, -0.15) is 0 Å². The van der Waals surface area contributed by atoms with Crippen molar-refractivity contribution in [2.75, 3.05) is 17.7 Å². The van der Waals surface area contributed by atoms with Gasteiger partial charge in [-0.25, -0.2) is 4.79 Å². The van der Waals surface area contributed by atoms with E-state index in [1.807, 2.05) is 24.3 Å². The molecule has 2 N–H and O–H groups in total. The topological polar surface area (TPSA) is 80.3 Å². The lowest BCUT2D eigenvalue weighted by Crippen LogP contribution is -2.13. The van der Waals surface area contributed by atoms with Crippen LogP contribution < -0.4 is 10.6 Å². The summed E-state index contributed by atoms with van der Waals surface area (Å²) in [5, 5.41) is 5.95. The van der Waals surface area contributed by atoms with Crippen molar-refractivity contribution >= 4 is 28.9 Å². The molecule has 0 radical (unpaired) electrons. The lowest BCUT2D eigenvalue weighted by molar-refractivity contribution is 0.0600. The van der Waals surface area contributed by atoms with E-state index in [1.165, 1.54) is 7.11 Å². The van der Waals surface area contributed by atoms with Gasteiger partial charge in [-0.15, -0.1) is 0 Å². The van der Waals surface area contributed by atoms with Gasteiger partial charge in [0.15, 0.2) is 0 Å². The summed E-state index contributed by atoms with van der Waals surface area (Å²) in [6.45, 7) is 0. The first kappa shape index (κ1) is 17.2. The molecule has 0 fully saturated rings. The van der Waals surface area contributed by atoms with Crippen LogP contribution in [-0.4, -0.2) is 24.0 Å². The summed E-state index contributed by atoms with van der Waals surface area (Å²) in [6, 6.07) is 19.5. The zero-order valence-electron chi connectivity index (χ0n) is 14.1. The fourth-order valence-corrected chi connectivity index (χ4v) is 2.36. The zero-order chi connectivity index (χ0) is 18.4. The second kappa shape index (κ2) is 7.94. The van der Waals surface area contributed by atoms with E-state index in [-0.39, 0.29) is 11.6 Å². The van der Waals surface area contributed by atoms with Gasteiger partial charge in [0.05, 0.1) is 12.7 Å². The van der Waals surface area contributed by atoms with Crippen molar-refractivity contribution < 1.29 is 14.3 Å². The van der Waals surface area contributed by atoms with Crippen LogP contribution in [0.4, 0.5) is 17.1 Å². The van der Waals surface area contributed by atoms with Crippen molar-refractivity contribution in [3.05, 3.63) is 84.2 Å². The predicted molar refractivity (Wildman–Crippen MR) is 99.7 cm³/mol. The molecule has 0 saturated carbocycles. The van der Waals surface area contributed by atoms with Crippen molar-refractivity contribution in [2.24, 2.45) is 0 Å². The van der Waals surface area contributed by atoms with Crippen LogP contribution in [0.3, 0.4) is 0 Å². The highest BCUT2D eigenvalue weighted by atomic mass is 16.5. The average molecular weight is 347 g/mol. The summed E-state index contributed by atoms with van der Waals surface area (Å²) in [5.74, 6) is -0.713. The number of benzene rings is 2. The molecule has 130 valence electrons. The van der Waals surface area contributed by atoms with Gasteiger partial charge in [-0.1, -0.05) is 24.3 Å². The van der Waals surface area contributed by atoms with E-state index in [0.717, 1.165) is 0 Å². The molecule has 6 heteroatoms. The number of carbonyl (C=O) groups is 2. The molecule has 0 aliphatic rings. The van der Waals surface area contributed by atoms with Crippen LogP contribution in [0.1, 0.15) is 20.8 Å². The van der Waals surface area contributed by atoms with Gasteiger partial charge < -0.3 is 15.4 Å². The minimum Gasteiger partial charge on any atom is -0.465 e. The number of rotatable bonds is 5. The van der Waals surface area contributed by atoms with Crippen LogP contribution in [0, 0.1) is 0 Å². The highest BCUT2D eigenvalue weighted by Crippen LogP contribution is 2.19. The number of hydrogen-bond donors (Lipinski definition) is 2. The molecule has 0 aliphatic carbocycles. The lowest BCUT2D eigenvalue weighted by atomic mass is 10.2.